The minimum absolute atomic E-state index is 0.229. The average Bonchev–Trinajstić information content (AvgIpc) is 3.23. The van der Waals surface area contributed by atoms with E-state index >= 15 is 4.39 Å². The van der Waals surface area contributed by atoms with Crippen molar-refractivity contribution in [3.63, 3.8) is 0 Å². The van der Waals surface area contributed by atoms with Gasteiger partial charge in [0, 0.05) is 45.1 Å². The van der Waals surface area contributed by atoms with E-state index in [1.54, 1.807) is 41.6 Å². The highest BCUT2D eigenvalue weighted by atomic mass is 35.5. The first kappa shape index (κ1) is 23.5. The van der Waals surface area contributed by atoms with Crippen molar-refractivity contribution < 1.29 is 9.18 Å². The summed E-state index contributed by atoms with van der Waals surface area (Å²) in [4.78, 5) is 18.5. The van der Waals surface area contributed by atoms with Crippen LogP contribution in [0.5, 0.6) is 0 Å². The SMILES string of the molecule is C=CC(=O)N1Cc2c(-c3ccncc3)c(-c3ccc(Cl)cc3F)nn2C(c2ccc(Cl)cc2Cl)C1. The van der Waals surface area contributed by atoms with E-state index in [0.717, 1.165) is 16.8 Å². The number of rotatable bonds is 4. The van der Waals surface area contributed by atoms with Gasteiger partial charge in [-0.1, -0.05) is 47.4 Å². The van der Waals surface area contributed by atoms with Gasteiger partial charge in [0.25, 0.3) is 0 Å². The zero-order valence-electron chi connectivity index (χ0n) is 18.3. The van der Waals surface area contributed by atoms with Crippen LogP contribution in [0.15, 0.2) is 73.6 Å². The molecular weight excluding hydrogens is 510 g/mol. The van der Waals surface area contributed by atoms with E-state index in [2.05, 4.69) is 11.6 Å². The number of nitrogens with zero attached hydrogens (tertiary/aromatic N) is 4. The Balaban J connectivity index is 1.80. The molecule has 0 radical (unpaired) electrons. The number of aromatic nitrogens is 3. The molecule has 0 aliphatic carbocycles. The van der Waals surface area contributed by atoms with E-state index in [9.17, 15) is 4.79 Å². The van der Waals surface area contributed by atoms with Gasteiger partial charge < -0.3 is 4.90 Å². The predicted octanol–water partition coefficient (Wildman–Crippen LogP) is 6.83. The molecule has 35 heavy (non-hydrogen) atoms. The molecule has 0 saturated carbocycles. The molecule has 1 aliphatic rings. The summed E-state index contributed by atoms with van der Waals surface area (Å²) in [7, 11) is 0. The van der Waals surface area contributed by atoms with Crippen LogP contribution in [0.2, 0.25) is 15.1 Å². The number of carbonyl (C=O) groups is 1. The van der Waals surface area contributed by atoms with E-state index in [4.69, 9.17) is 39.9 Å². The van der Waals surface area contributed by atoms with Crippen LogP contribution in [0, 0.1) is 5.82 Å². The Labute approximate surface area is 216 Å². The van der Waals surface area contributed by atoms with Crippen LogP contribution < -0.4 is 0 Å². The number of hydrogen-bond donors (Lipinski definition) is 0. The lowest BCUT2D eigenvalue weighted by atomic mass is 9.97. The molecule has 0 saturated heterocycles. The summed E-state index contributed by atoms with van der Waals surface area (Å²) in [5.74, 6) is -0.726. The number of carbonyl (C=O) groups excluding carboxylic acids is 1. The molecule has 0 fully saturated rings. The molecule has 0 N–H and O–H groups in total. The molecule has 0 spiro atoms. The molecule has 1 amide bonds. The number of benzene rings is 2. The molecule has 4 aromatic rings. The molecule has 2 aromatic heterocycles. The lowest BCUT2D eigenvalue weighted by Crippen LogP contribution is -2.41. The highest BCUT2D eigenvalue weighted by molar-refractivity contribution is 6.35. The van der Waals surface area contributed by atoms with Gasteiger partial charge in [0.15, 0.2) is 0 Å². The van der Waals surface area contributed by atoms with Crippen molar-refractivity contribution in [2.75, 3.05) is 6.54 Å². The topological polar surface area (TPSA) is 51.0 Å². The largest absolute Gasteiger partial charge is 0.331 e. The summed E-state index contributed by atoms with van der Waals surface area (Å²) >= 11 is 18.7. The van der Waals surface area contributed by atoms with Crippen molar-refractivity contribution in [3.05, 3.63) is 106 Å². The maximum atomic E-state index is 15.1. The van der Waals surface area contributed by atoms with Gasteiger partial charge in [0.1, 0.15) is 11.5 Å². The quantitative estimate of drug-likeness (QED) is 0.273. The summed E-state index contributed by atoms with van der Waals surface area (Å²) in [5, 5.41) is 6.11. The van der Waals surface area contributed by atoms with Gasteiger partial charge in [-0.2, -0.15) is 5.10 Å². The Kier molecular flexibility index (Phi) is 6.36. The fraction of sp³-hybridized carbons (Fsp3) is 0.115. The summed E-state index contributed by atoms with van der Waals surface area (Å²) < 4.78 is 16.9. The fourth-order valence-corrected chi connectivity index (χ4v) is 5.09. The molecule has 9 heteroatoms. The molecule has 1 unspecified atom stereocenters. The maximum absolute atomic E-state index is 15.1. The summed E-state index contributed by atoms with van der Waals surface area (Å²) in [6.45, 7) is 4.21. The number of pyridine rings is 1. The average molecular weight is 528 g/mol. The highest BCUT2D eigenvalue weighted by Gasteiger charge is 2.35. The zero-order valence-corrected chi connectivity index (χ0v) is 20.5. The molecule has 1 atom stereocenters. The first-order valence-corrected chi connectivity index (χ1v) is 11.8. The van der Waals surface area contributed by atoms with Crippen molar-refractivity contribution in [1.29, 1.82) is 0 Å². The van der Waals surface area contributed by atoms with E-state index in [1.807, 2.05) is 22.9 Å². The minimum Gasteiger partial charge on any atom is -0.331 e. The first-order chi connectivity index (χ1) is 16.9. The standard InChI is InChI=1S/C26H18Cl3FN4O/c1-2-24(35)33-13-22(18-5-3-16(27)11-20(18)29)34-23(14-33)25(15-7-9-31-10-8-15)26(32-34)19-6-4-17(28)12-21(19)30/h2-12,22H,1,13-14H2. The van der Waals surface area contributed by atoms with E-state index in [1.165, 1.54) is 12.1 Å². The Morgan fingerprint density at radius 3 is 2.46 bits per heavy atom. The monoisotopic (exact) mass is 526 g/mol. The van der Waals surface area contributed by atoms with Gasteiger partial charge in [0.05, 0.1) is 18.3 Å². The van der Waals surface area contributed by atoms with Gasteiger partial charge >= 0.3 is 0 Å². The third kappa shape index (κ3) is 4.33. The minimum atomic E-state index is -0.497. The first-order valence-electron chi connectivity index (χ1n) is 10.7. The Bertz CT molecular complexity index is 1450. The summed E-state index contributed by atoms with van der Waals surface area (Å²) in [6.07, 6.45) is 4.59. The van der Waals surface area contributed by atoms with Crippen LogP contribution in [0.25, 0.3) is 22.4 Å². The zero-order chi connectivity index (χ0) is 24.7. The van der Waals surface area contributed by atoms with Crippen LogP contribution >= 0.6 is 34.8 Å². The van der Waals surface area contributed by atoms with Crippen LogP contribution in [0.3, 0.4) is 0 Å². The molecule has 5 rings (SSSR count). The van der Waals surface area contributed by atoms with Gasteiger partial charge in [-0.25, -0.2) is 4.39 Å². The lowest BCUT2D eigenvalue weighted by Gasteiger charge is -2.34. The van der Waals surface area contributed by atoms with E-state index in [0.29, 0.717) is 33.4 Å². The lowest BCUT2D eigenvalue weighted by molar-refractivity contribution is -0.127. The summed E-state index contributed by atoms with van der Waals surface area (Å²) in [5.41, 5.74) is 3.70. The predicted molar refractivity (Wildman–Crippen MR) is 136 cm³/mol. The van der Waals surface area contributed by atoms with E-state index in [-0.39, 0.29) is 17.5 Å². The van der Waals surface area contributed by atoms with Crippen molar-refractivity contribution >= 4 is 40.7 Å². The smallest absolute Gasteiger partial charge is 0.246 e. The number of amides is 1. The van der Waals surface area contributed by atoms with Gasteiger partial charge in [0.2, 0.25) is 5.91 Å². The van der Waals surface area contributed by atoms with Crippen LogP contribution in [-0.2, 0) is 11.3 Å². The second kappa shape index (κ2) is 9.46. The van der Waals surface area contributed by atoms with Gasteiger partial charge in [-0.3, -0.25) is 14.5 Å². The fourth-order valence-electron chi connectivity index (χ4n) is 4.40. The van der Waals surface area contributed by atoms with Gasteiger partial charge in [-0.15, -0.1) is 0 Å². The van der Waals surface area contributed by atoms with Crippen molar-refractivity contribution in [3.8, 4) is 22.4 Å². The second-order valence-electron chi connectivity index (χ2n) is 8.08. The molecule has 2 aromatic carbocycles. The Morgan fingerprint density at radius 1 is 1.06 bits per heavy atom. The number of fused-ring (bicyclic) bond motifs is 1. The van der Waals surface area contributed by atoms with Crippen molar-refractivity contribution in [1.82, 2.24) is 19.7 Å². The number of halogens is 4. The molecule has 5 nitrogen and oxygen atoms in total. The van der Waals surface area contributed by atoms with Crippen molar-refractivity contribution in [2.45, 2.75) is 12.6 Å². The Morgan fingerprint density at radius 2 is 1.77 bits per heavy atom. The normalized spacial score (nSPS) is 15.1. The molecular formula is C26H18Cl3FN4O. The molecule has 3 heterocycles. The van der Waals surface area contributed by atoms with Crippen LogP contribution in [0.4, 0.5) is 4.39 Å². The van der Waals surface area contributed by atoms with E-state index < -0.39 is 11.9 Å². The Hall–Kier alpha value is -3.19. The second-order valence-corrected chi connectivity index (χ2v) is 9.36. The molecule has 0 bridgehead atoms. The molecule has 176 valence electrons. The van der Waals surface area contributed by atoms with Crippen LogP contribution in [-0.4, -0.2) is 32.1 Å². The third-order valence-electron chi connectivity index (χ3n) is 6.00. The molecule has 1 aliphatic heterocycles. The number of hydrogen-bond acceptors (Lipinski definition) is 3. The van der Waals surface area contributed by atoms with Crippen molar-refractivity contribution in [2.24, 2.45) is 0 Å². The maximum Gasteiger partial charge on any atom is 0.246 e. The highest BCUT2D eigenvalue weighted by Crippen LogP contribution is 2.42. The third-order valence-corrected chi connectivity index (χ3v) is 6.80. The van der Waals surface area contributed by atoms with Crippen LogP contribution in [0.1, 0.15) is 17.3 Å². The van der Waals surface area contributed by atoms with Gasteiger partial charge in [-0.05, 0) is 59.7 Å². The summed E-state index contributed by atoms with van der Waals surface area (Å²) in [6, 6.07) is 12.9.